The number of Topliss-reactive ketones (excluding diaryl/α,β-unsaturated/α-hetero) is 1. The zero-order chi connectivity index (χ0) is 12.5. The number of nitrogens with zero attached hydrogens (tertiary/aromatic N) is 1. The average molecular weight is 244 g/mol. The van der Waals surface area contributed by atoms with E-state index in [1.165, 1.54) is 12.8 Å². The molecule has 0 radical (unpaired) electrons. The van der Waals surface area contributed by atoms with E-state index in [4.69, 9.17) is 0 Å². The van der Waals surface area contributed by atoms with Gasteiger partial charge in [-0.25, -0.2) is 0 Å². The Kier molecular flexibility index (Phi) is 3.16. The van der Waals surface area contributed by atoms with Crippen LogP contribution in [0.3, 0.4) is 0 Å². The number of fused-ring (bicyclic) bond motifs is 2. The normalized spacial score (nSPS) is 30.4. The minimum Gasteiger partial charge on any atom is -0.311 e. The maximum absolute atomic E-state index is 12.3. The molecule has 96 valence electrons. The highest BCUT2D eigenvalue weighted by molar-refractivity contribution is 5.83. The third-order valence-corrected chi connectivity index (χ3v) is 4.23. The van der Waals surface area contributed by atoms with Gasteiger partial charge in [-0.2, -0.15) is 0 Å². The van der Waals surface area contributed by atoms with Crippen molar-refractivity contribution in [2.75, 3.05) is 0 Å². The molecule has 1 N–H and O–H groups in total. The fourth-order valence-corrected chi connectivity index (χ4v) is 3.34. The van der Waals surface area contributed by atoms with Crippen molar-refractivity contribution in [3.8, 4) is 0 Å². The number of pyridine rings is 1. The molecule has 3 heteroatoms. The molecule has 2 atom stereocenters. The van der Waals surface area contributed by atoms with Crippen molar-refractivity contribution in [1.29, 1.82) is 0 Å². The van der Waals surface area contributed by atoms with Crippen LogP contribution in [0.1, 0.15) is 37.1 Å². The highest BCUT2D eigenvalue weighted by Gasteiger charge is 2.36. The largest absolute Gasteiger partial charge is 0.311 e. The lowest BCUT2D eigenvalue weighted by Crippen LogP contribution is -2.40. The molecule has 0 spiro atoms. The Morgan fingerprint density at radius 3 is 2.72 bits per heavy atom. The minimum absolute atomic E-state index is 0.256. The Bertz CT molecular complexity index is 446. The van der Waals surface area contributed by atoms with E-state index in [0.717, 1.165) is 24.2 Å². The lowest BCUT2D eigenvalue weighted by molar-refractivity contribution is -0.123. The molecule has 2 unspecified atom stereocenters. The van der Waals surface area contributed by atoms with Gasteiger partial charge < -0.3 is 5.32 Å². The van der Waals surface area contributed by atoms with E-state index in [1.54, 1.807) is 0 Å². The summed E-state index contributed by atoms with van der Waals surface area (Å²) in [5, 5.41) is 3.58. The molecule has 1 aromatic heterocycles. The first kappa shape index (κ1) is 11.8. The molecule has 0 aliphatic carbocycles. The number of aryl methyl sites for hydroxylation is 1. The average Bonchev–Trinajstić information content (AvgIpc) is 2.68. The quantitative estimate of drug-likeness (QED) is 0.884. The Labute approximate surface area is 108 Å². The lowest BCUT2D eigenvalue weighted by atomic mass is 9.87. The number of piperidine rings is 1. The van der Waals surface area contributed by atoms with Gasteiger partial charge in [0.05, 0.1) is 0 Å². The number of carbonyl (C=O) groups excluding carboxylic acids is 1. The number of aromatic nitrogens is 1. The first-order valence-electron chi connectivity index (χ1n) is 6.92. The van der Waals surface area contributed by atoms with Gasteiger partial charge in [0, 0.05) is 35.8 Å². The van der Waals surface area contributed by atoms with Gasteiger partial charge in [-0.15, -0.1) is 0 Å². The first-order valence-corrected chi connectivity index (χ1v) is 6.92. The minimum atomic E-state index is 0.256. The van der Waals surface area contributed by atoms with Crippen LogP contribution in [0.25, 0.3) is 0 Å². The predicted octanol–water partition coefficient (Wildman–Crippen LogP) is 2.03. The van der Waals surface area contributed by atoms with Crippen molar-refractivity contribution in [3.63, 3.8) is 0 Å². The number of hydrogen-bond donors (Lipinski definition) is 1. The van der Waals surface area contributed by atoms with Crippen molar-refractivity contribution in [2.45, 2.75) is 51.1 Å². The topological polar surface area (TPSA) is 42.0 Å². The van der Waals surface area contributed by atoms with Crippen LogP contribution in [-0.2, 0) is 11.2 Å². The molecule has 2 aliphatic rings. The molecule has 2 bridgehead atoms. The lowest BCUT2D eigenvalue weighted by Gasteiger charge is -2.28. The van der Waals surface area contributed by atoms with Crippen molar-refractivity contribution in [1.82, 2.24) is 10.3 Å². The summed E-state index contributed by atoms with van der Waals surface area (Å²) < 4.78 is 0. The standard InChI is InChI=1S/C15H20N2O/c1-10-3-2-4-12(16-10)9-15(18)11-7-13-5-6-14(8-11)17-13/h2-4,11,13-14,17H,5-9H2,1H3. The van der Waals surface area contributed by atoms with Gasteiger partial charge in [-0.3, -0.25) is 9.78 Å². The molecule has 2 fully saturated rings. The van der Waals surface area contributed by atoms with Gasteiger partial charge in [0.25, 0.3) is 0 Å². The van der Waals surface area contributed by atoms with Gasteiger partial charge in [-0.05, 0) is 44.7 Å². The molecule has 3 nitrogen and oxygen atoms in total. The van der Waals surface area contributed by atoms with E-state index in [0.29, 0.717) is 24.3 Å². The van der Waals surface area contributed by atoms with Crippen molar-refractivity contribution in [2.24, 2.45) is 5.92 Å². The van der Waals surface area contributed by atoms with E-state index < -0.39 is 0 Å². The molecule has 18 heavy (non-hydrogen) atoms. The second-order valence-electron chi connectivity index (χ2n) is 5.72. The predicted molar refractivity (Wildman–Crippen MR) is 70.4 cm³/mol. The van der Waals surface area contributed by atoms with E-state index in [1.807, 2.05) is 25.1 Å². The maximum atomic E-state index is 12.3. The van der Waals surface area contributed by atoms with Crippen LogP contribution in [0.4, 0.5) is 0 Å². The van der Waals surface area contributed by atoms with Crippen molar-refractivity contribution in [3.05, 3.63) is 29.6 Å². The third-order valence-electron chi connectivity index (χ3n) is 4.23. The van der Waals surface area contributed by atoms with Gasteiger partial charge in [0.2, 0.25) is 0 Å². The van der Waals surface area contributed by atoms with Crippen LogP contribution in [0.5, 0.6) is 0 Å². The number of carbonyl (C=O) groups is 1. The molecule has 0 amide bonds. The summed E-state index contributed by atoms with van der Waals surface area (Å²) >= 11 is 0. The van der Waals surface area contributed by atoms with E-state index in [2.05, 4.69) is 10.3 Å². The summed E-state index contributed by atoms with van der Waals surface area (Å²) in [7, 11) is 0. The van der Waals surface area contributed by atoms with Crippen LogP contribution >= 0.6 is 0 Å². The fourth-order valence-electron chi connectivity index (χ4n) is 3.34. The van der Waals surface area contributed by atoms with Crippen LogP contribution < -0.4 is 5.32 Å². The van der Waals surface area contributed by atoms with Crippen molar-refractivity contribution >= 4 is 5.78 Å². The smallest absolute Gasteiger partial charge is 0.142 e. The number of nitrogens with one attached hydrogen (secondary N) is 1. The monoisotopic (exact) mass is 244 g/mol. The molecule has 0 aromatic carbocycles. The molecule has 1 aromatic rings. The fraction of sp³-hybridized carbons (Fsp3) is 0.600. The number of ketones is 1. The molecule has 3 rings (SSSR count). The molecule has 0 saturated carbocycles. The van der Waals surface area contributed by atoms with E-state index in [-0.39, 0.29) is 5.92 Å². The Balaban J connectivity index is 1.65. The zero-order valence-corrected chi connectivity index (χ0v) is 10.9. The Morgan fingerprint density at radius 2 is 2.06 bits per heavy atom. The van der Waals surface area contributed by atoms with Crippen LogP contribution in [-0.4, -0.2) is 22.9 Å². The molecule has 3 heterocycles. The summed E-state index contributed by atoms with van der Waals surface area (Å²) in [6, 6.07) is 7.09. The highest BCUT2D eigenvalue weighted by Crippen LogP contribution is 2.31. The summed E-state index contributed by atoms with van der Waals surface area (Å²) in [6.45, 7) is 1.97. The van der Waals surface area contributed by atoms with E-state index in [9.17, 15) is 4.79 Å². The van der Waals surface area contributed by atoms with Crippen LogP contribution in [0.15, 0.2) is 18.2 Å². The maximum Gasteiger partial charge on any atom is 0.142 e. The molecular formula is C15H20N2O. The van der Waals surface area contributed by atoms with Gasteiger partial charge in [0.15, 0.2) is 0 Å². The molecular weight excluding hydrogens is 224 g/mol. The summed E-state index contributed by atoms with van der Waals surface area (Å²) in [4.78, 5) is 16.8. The number of rotatable bonds is 3. The SMILES string of the molecule is Cc1cccc(CC(=O)C2CC3CCC(C2)N3)n1. The summed E-state index contributed by atoms with van der Waals surface area (Å²) in [6.07, 6.45) is 5.06. The van der Waals surface area contributed by atoms with Crippen LogP contribution in [0, 0.1) is 12.8 Å². The third kappa shape index (κ3) is 2.46. The Morgan fingerprint density at radius 1 is 1.33 bits per heavy atom. The van der Waals surface area contributed by atoms with Crippen molar-refractivity contribution < 1.29 is 4.79 Å². The zero-order valence-electron chi connectivity index (χ0n) is 10.9. The van der Waals surface area contributed by atoms with Gasteiger partial charge in [-0.1, -0.05) is 6.07 Å². The van der Waals surface area contributed by atoms with E-state index >= 15 is 0 Å². The van der Waals surface area contributed by atoms with Gasteiger partial charge in [0.1, 0.15) is 5.78 Å². The summed E-state index contributed by atoms with van der Waals surface area (Å²) in [5.74, 6) is 0.637. The van der Waals surface area contributed by atoms with Crippen LogP contribution in [0.2, 0.25) is 0 Å². The summed E-state index contributed by atoms with van der Waals surface area (Å²) in [5.41, 5.74) is 1.91. The Hall–Kier alpha value is -1.22. The molecule has 2 saturated heterocycles. The number of hydrogen-bond acceptors (Lipinski definition) is 3. The highest BCUT2D eigenvalue weighted by atomic mass is 16.1. The van der Waals surface area contributed by atoms with Gasteiger partial charge >= 0.3 is 0 Å². The second-order valence-corrected chi connectivity index (χ2v) is 5.72. The molecule has 2 aliphatic heterocycles. The second kappa shape index (κ2) is 4.81. The first-order chi connectivity index (χ1) is 8.70.